The van der Waals surface area contributed by atoms with Crippen LogP contribution in [0.5, 0.6) is 0 Å². The summed E-state index contributed by atoms with van der Waals surface area (Å²) in [5.41, 5.74) is 0. The number of amides is 1. The van der Waals surface area contributed by atoms with Gasteiger partial charge in [0.25, 0.3) is 0 Å². The highest BCUT2D eigenvalue weighted by atomic mass is 35.5. The maximum Gasteiger partial charge on any atom is 0.328 e. The number of rotatable bonds is 3. The van der Waals surface area contributed by atoms with Gasteiger partial charge in [-0.25, -0.2) is 4.79 Å². The molecule has 0 N–H and O–H groups in total. The fourth-order valence-electron chi connectivity index (χ4n) is 0.573. The first kappa shape index (κ1) is 11.2. The maximum absolute atomic E-state index is 11.0. The first-order valence-corrected chi connectivity index (χ1v) is 3.97. The second-order valence-corrected chi connectivity index (χ2v) is 2.62. The zero-order chi connectivity index (χ0) is 9.72. The molecular formula is C7H12ClNO3. The highest BCUT2D eigenvalue weighted by Gasteiger charge is 2.21. The van der Waals surface area contributed by atoms with Crippen molar-refractivity contribution in [3.8, 4) is 0 Å². The molecule has 0 aliphatic heterocycles. The van der Waals surface area contributed by atoms with Crippen LogP contribution >= 0.6 is 11.6 Å². The summed E-state index contributed by atoms with van der Waals surface area (Å²) in [7, 11) is 1.44. The summed E-state index contributed by atoms with van der Waals surface area (Å²) in [6.07, 6.45) is 0. The predicted octanol–water partition coefficient (Wildman–Crippen LogP) is 1.23. The molecular weight excluding hydrogens is 182 g/mol. The first-order chi connectivity index (χ1) is 5.50. The van der Waals surface area contributed by atoms with Gasteiger partial charge in [-0.1, -0.05) is 0 Å². The average molecular weight is 194 g/mol. The number of esters is 1. The fourth-order valence-corrected chi connectivity index (χ4v) is 0.720. The van der Waals surface area contributed by atoms with Crippen LogP contribution in [-0.2, 0) is 9.53 Å². The van der Waals surface area contributed by atoms with Crippen LogP contribution in [0, 0.1) is 0 Å². The molecule has 0 aliphatic carbocycles. The summed E-state index contributed by atoms with van der Waals surface area (Å²) in [5, 5.41) is -0.671. The van der Waals surface area contributed by atoms with E-state index in [1.807, 2.05) is 0 Å². The maximum atomic E-state index is 11.0. The van der Waals surface area contributed by atoms with Gasteiger partial charge < -0.3 is 9.64 Å². The molecule has 0 aromatic heterocycles. The van der Waals surface area contributed by atoms with Gasteiger partial charge in [0, 0.05) is 7.05 Å². The van der Waals surface area contributed by atoms with Gasteiger partial charge in [-0.05, 0) is 25.4 Å². The van der Waals surface area contributed by atoms with Crippen LogP contribution in [0.4, 0.5) is 4.79 Å². The van der Waals surface area contributed by atoms with E-state index in [2.05, 4.69) is 4.74 Å². The molecule has 70 valence electrons. The van der Waals surface area contributed by atoms with E-state index >= 15 is 0 Å². The molecule has 0 aromatic carbocycles. The molecule has 1 unspecified atom stereocenters. The van der Waals surface area contributed by atoms with Crippen LogP contribution in [-0.4, -0.2) is 35.9 Å². The van der Waals surface area contributed by atoms with Gasteiger partial charge >= 0.3 is 11.3 Å². The van der Waals surface area contributed by atoms with Crippen molar-refractivity contribution in [1.82, 2.24) is 4.90 Å². The van der Waals surface area contributed by atoms with Gasteiger partial charge in [-0.2, -0.15) is 0 Å². The van der Waals surface area contributed by atoms with E-state index in [9.17, 15) is 9.59 Å². The molecule has 4 nitrogen and oxygen atoms in total. The molecule has 0 spiro atoms. The lowest BCUT2D eigenvalue weighted by Gasteiger charge is -2.19. The van der Waals surface area contributed by atoms with E-state index in [0.29, 0.717) is 6.61 Å². The minimum Gasteiger partial charge on any atom is -0.464 e. The van der Waals surface area contributed by atoms with Crippen molar-refractivity contribution < 1.29 is 14.3 Å². The summed E-state index contributed by atoms with van der Waals surface area (Å²) in [4.78, 5) is 22.7. The number of ether oxygens (including phenoxy) is 1. The lowest BCUT2D eigenvalue weighted by molar-refractivity contribution is -0.147. The third-order valence-electron chi connectivity index (χ3n) is 1.49. The number of carbonyl (C=O) groups is 2. The van der Waals surface area contributed by atoms with Crippen molar-refractivity contribution in [3.05, 3.63) is 0 Å². The summed E-state index contributed by atoms with van der Waals surface area (Å²) in [6.45, 7) is 3.55. The van der Waals surface area contributed by atoms with E-state index in [4.69, 9.17) is 11.6 Å². The lowest BCUT2D eigenvalue weighted by Crippen LogP contribution is -2.38. The molecule has 0 radical (unpaired) electrons. The number of nitrogens with zero attached hydrogens (tertiary/aromatic N) is 1. The van der Waals surface area contributed by atoms with Gasteiger partial charge in [0.1, 0.15) is 6.04 Å². The molecule has 0 bridgehead atoms. The topological polar surface area (TPSA) is 46.6 Å². The third-order valence-corrected chi connectivity index (χ3v) is 1.75. The van der Waals surface area contributed by atoms with E-state index < -0.39 is 17.4 Å². The number of carbonyl (C=O) groups excluding carboxylic acids is 2. The van der Waals surface area contributed by atoms with E-state index in [1.165, 1.54) is 7.05 Å². The van der Waals surface area contributed by atoms with Crippen molar-refractivity contribution in [2.24, 2.45) is 0 Å². The quantitative estimate of drug-likeness (QED) is 0.385. The van der Waals surface area contributed by atoms with Crippen LogP contribution in [0.25, 0.3) is 0 Å². The zero-order valence-corrected chi connectivity index (χ0v) is 8.09. The summed E-state index contributed by atoms with van der Waals surface area (Å²) >= 11 is 5.15. The van der Waals surface area contributed by atoms with Crippen molar-refractivity contribution in [2.45, 2.75) is 19.9 Å². The Morgan fingerprint density at radius 2 is 2.08 bits per heavy atom. The van der Waals surface area contributed by atoms with E-state index in [-0.39, 0.29) is 0 Å². The van der Waals surface area contributed by atoms with Crippen LogP contribution in [0.3, 0.4) is 0 Å². The summed E-state index contributed by atoms with van der Waals surface area (Å²) in [6, 6.07) is -0.630. The standard InChI is InChI=1S/C7H12ClNO3/c1-4-12-6(10)5(2)9(3)7(8)11/h5H,4H2,1-3H3. The van der Waals surface area contributed by atoms with Crippen LogP contribution in [0.2, 0.25) is 0 Å². The monoisotopic (exact) mass is 193 g/mol. The van der Waals surface area contributed by atoms with Crippen LogP contribution < -0.4 is 0 Å². The molecule has 0 rings (SSSR count). The van der Waals surface area contributed by atoms with Gasteiger partial charge in [-0.3, -0.25) is 4.79 Å². The molecule has 5 heteroatoms. The highest BCUT2D eigenvalue weighted by molar-refractivity contribution is 6.62. The second-order valence-electron chi connectivity index (χ2n) is 2.29. The number of hydrogen-bond acceptors (Lipinski definition) is 3. The Hall–Kier alpha value is -0.770. The largest absolute Gasteiger partial charge is 0.464 e. The molecule has 0 aliphatic rings. The molecule has 0 saturated heterocycles. The Kier molecular flexibility index (Phi) is 4.66. The second kappa shape index (κ2) is 4.98. The predicted molar refractivity (Wildman–Crippen MR) is 45.1 cm³/mol. The first-order valence-electron chi connectivity index (χ1n) is 3.59. The summed E-state index contributed by atoms with van der Waals surface area (Å²) in [5.74, 6) is -0.450. The van der Waals surface area contributed by atoms with Crippen molar-refractivity contribution in [3.63, 3.8) is 0 Å². The van der Waals surface area contributed by atoms with Gasteiger partial charge in [0.15, 0.2) is 0 Å². The fraction of sp³-hybridized carbons (Fsp3) is 0.714. The van der Waals surface area contributed by atoms with Crippen LogP contribution in [0.15, 0.2) is 0 Å². The average Bonchev–Trinajstić information content (AvgIpc) is 2.02. The Morgan fingerprint density at radius 3 is 2.42 bits per heavy atom. The smallest absolute Gasteiger partial charge is 0.328 e. The third kappa shape index (κ3) is 3.09. The van der Waals surface area contributed by atoms with Gasteiger partial charge in [-0.15, -0.1) is 0 Å². The molecule has 1 atom stereocenters. The van der Waals surface area contributed by atoms with Crippen LogP contribution in [0.1, 0.15) is 13.8 Å². The molecule has 0 aromatic rings. The SMILES string of the molecule is CCOC(=O)C(C)N(C)C(=O)Cl. The zero-order valence-electron chi connectivity index (χ0n) is 7.33. The molecule has 1 amide bonds. The normalized spacial score (nSPS) is 12.0. The number of halogens is 1. The van der Waals surface area contributed by atoms with Crippen molar-refractivity contribution in [1.29, 1.82) is 0 Å². The minimum absolute atomic E-state index is 0.299. The Morgan fingerprint density at radius 1 is 1.58 bits per heavy atom. The molecule has 12 heavy (non-hydrogen) atoms. The Bertz CT molecular complexity index is 183. The number of likely N-dealkylation sites (N-methyl/N-ethyl adjacent to an activating group) is 1. The number of hydrogen-bond donors (Lipinski definition) is 0. The highest BCUT2D eigenvalue weighted by Crippen LogP contribution is 2.02. The van der Waals surface area contributed by atoms with Gasteiger partial charge in [0.2, 0.25) is 0 Å². The van der Waals surface area contributed by atoms with E-state index in [1.54, 1.807) is 13.8 Å². The molecule has 0 saturated carbocycles. The van der Waals surface area contributed by atoms with Gasteiger partial charge in [0.05, 0.1) is 6.61 Å². The Labute approximate surface area is 76.4 Å². The minimum atomic E-state index is -0.671. The Balaban J connectivity index is 4.09. The summed E-state index contributed by atoms with van der Waals surface area (Å²) < 4.78 is 4.68. The van der Waals surface area contributed by atoms with E-state index in [0.717, 1.165) is 4.90 Å². The molecule has 0 fully saturated rings. The molecule has 0 heterocycles. The van der Waals surface area contributed by atoms with Crippen molar-refractivity contribution >= 4 is 22.9 Å². The lowest BCUT2D eigenvalue weighted by atomic mass is 10.3. The van der Waals surface area contributed by atoms with Crippen molar-refractivity contribution in [2.75, 3.05) is 13.7 Å².